The molecule has 1 aromatic carbocycles. The second kappa shape index (κ2) is 5.18. The number of hydrogen-bond donors (Lipinski definition) is 1. The fourth-order valence-corrected chi connectivity index (χ4v) is 3.61. The number of aliphatic hydroxyl groups is 1. The van der Waals surface area contributed by atoms with E-state index in [1.54, 1.807) is 6.20 Å². The molecule has 0 aliphatic heterocycles. The maximum atomic E-state index is 9.43. The zero-order valence-corrected chi connectivity index (χ0v) is 13.2. The van der Waals surface area contributed by atoms with E-state index in [2.05, 4.69) is 9.97 Å². The number of aromatic nitrogens is 4. The number of fused-ring (bicyclic) bond motifs is 7. The Labute approximate surface area is 138 Å². The first-order valence-corrected chi connectivity index (χ1v) is 8.32. The smallest absolute Gasteiger partial charge is 0.0992 e. The molecule has 24 heavy (non-hydrogen) atoms. The third kappa shape index (κ3) is 1.91. The predicted octanol–water partition coefficient (Wildman–Crippen LogP) is 3.10. The van der Waals surface area contributed by atoms with E-state index in [1.807, 2.05) is 24.3 Å². The Hall–Kier alpha value is -2.66. The van der Waals surface area contributed by atoms with Crippen LogP contribution in [0.2, 0.25) is 0 Å². The minimum atomic E-state index is -0.0851. The summed E-state index contributed by atoms with van der Waals surface area (Å²) in [5.74, 6) is 0. The number of aliphatic hydroxyl groups excluding tert-OH is 1. The van der Waals surface area contributed by atoms with Crippen molar-refractivity contribution in [1.29, 1.82) is 0 Å². The zero-order valence-electron chi connectivity index (χ0n) is 13.2. The quantitative estimate of drug-likeness (QED) is 0.546. The van der Waals surface area contributed by atoms with Gasteiger partial charge in [0.1, 0.15) is 0 Å². The highest BCUT2D eigenvalue weighted by atomic mass is 16.3. The average Bonchev–Trinajstić information content (AvgIpc) is 2.66. The molecule has 0 bridgehead atoms. The average molecular weight is 316 g/mol. The van der Waals surface area contributed by atoms with Crippen LogP contribution in [0.3, 0.4) is 0 Å². The zero-order chi connectivity index (χ0) is 16.1. The summed E-state index contributed by atoms with van der Waals surface area (Å²) in [7, 11) is 0. The highest BCUT2D eigenvalue weighted by Crippen LogP contribution is 2.32. The van der Waals surface area contributed by atoms with Gasteiger partial charge in [0.05, 0.1) is 45.8 Å². The number of hydrogen-bond acceptors (Lipinski definition) is 5. The molecule has 0 saturated heterocycles. The number of aryl methyl sites for hydroxylation is 2. The van der Waals surface area contributed by atoms with Crippen LogP contribution in [0, 0.1) is 0 Å². The second-order valence-corrected chi connectivity index (χ2v) is 6.28. The lowest BCUT2D eigenvalue weighted by Crippen LogP contribution is -2.09. The van der Waals surface area contributed by atoms with Crippen LogP contribution in [0.5, 0.6) is 0 Å². The van der Waals surface area contributed by atoms with Gasteiger partial charge in [-0.15, -0.1) is 0 Å². The topological polar surface area (TPSA) is 71.8 Å². The fraction of sp³-hybridized carbons (Fsp3) is 0.263. The number of benzene rings is 1. The summed E-state index contributed by atoms with van der Waals surface area (Å²) in [4.78, 5) is 19.1. The van der Waals surface area contributed by atoms with E-state index in [-0.39, 0.29) is 6.61 Å². The van der Waals surface area contributed by atoms with Crippen LogP contribution in [0.1, 0.15) is 29.9 Å². The Bertz CT molecular complexity index is 1110. The molecule has 5 nitrogen and oxygen atoms in total. The van der Waals surface area contributed by atoms with Gasteiger partial charge in [-0.3, -0.25) is 4.98 Å². The molecule has 0 spiro atoms. The lowest BCUT2D eigenvalue weighted by atomic mass is 9.99. The summed E-state index contributed by atoms with van der Waals surface area (Å²) in [6.45, 7) is -0.0851. The van der Waals surface area contributed by atoms with Crippen molar-refractivity contribution in [2.45, 2.75) is 32.3 Å². The van der Waals surface area contributed by atoms with Gasteiger partial charge in [0, 0.05) is 17.0 Å². The van der Waals surface area contributed by atoms with Crippen molar-refractivity contribution in [3.05, 3.63) is 47.5 Å². The van der Waals surface area contributed by atoms with Crippen molar-refractivity contribution in [2.75, 3.05) is 0 Å². The van der Waals surface area contributed by atoms with Crippen molar-refractivity contribution < 1.29 is 5.11 Å². The van der Waals surface area contributed by atoms with E-state index < -0.39 is 0 Å². The van der Waals surface area contributed by atoms with Gasteiger partial charge in [-0.2, -0.15) is 0 Å². The SMILES string of the molecule is OCc1ccc2c(n1)c1ncccc1c1nc3c(nc21)CCCC3. The molecule has 4 aromatic rings. The molecular weight excluding hydrogens is 300 g/mol. The van der Waals surface area contributed by atoms with Gasteiger partial charge in [-0.1, -0.05) is 0 Å². The first kappa shape index (κ1) is 13.7. The number of rotatable bonds is 1. The fourth-order valence-electron chi connectivity index (χ4n) is 3.61. The van der Waals surface area contributed by atoms with E-state index in [4.69, 9.17) is 9.97 Å². The summed E-state index contributed by atoms with van der Waals surface area (Å²) >= 11 is 0. The van der Waals surface area contributed by atoms with Crippen molar-refractivity contribution in [3.8, 4) is 0 Å². The molecule has 0 atom stereocenters. The molecule has 1 N–H and O–H groups in total. The molecule has 3 heterocycles. The van der Waals surface area contributed by atoms with E-state index in [9.17, 15) is 5.11 Å². The largest absolute Gasteiger partial charge is 0.390 e. The van der Waals surface area contributed by atoms with E-state index in [0.29, 0.717) is 5.69 Å². The van der Waals surface area contributed by atoms with Crippen LogP contribution in [0.25, 0.3) is 32.8 Å². The van der Waals surface area contributed by atoms with Crippen molar-refractivity contribution in [3.63, 3.8) is 0 Å². The first-order valence-electron chi connectivity index (χ1n) is 8.32. The van der Waals surface area contributed by atoms with Crippen LogP contribution >= 0.6 is 0 Å². The molecule has 0 unspecified atom stereocenters. The van der Waals surface area contributed by atoms with E-state index >= 15 is 0 Å². The summed E-state index contributed by atoms with van der Waals surface area (Å²) in [5.41, 5.74) is 6.28. The highest BCUT2D eigenvalue weighted by molar-refractivity contribution is 6.20. The predicted molar refractivity (Wildman–Crippen MR) is 92.7 cm³/mol. The minimum Gasteiger partial charge on any atom is -0.390 e. The van der Waals surface area contributed by atoms with Gasteiger partial charge in [0.2, 0.25) is 0 Å². The van der Waals surface area contributed by atoms with Crippen molar-refractivity contribution >= 4 is 32.8 Å². The normalized spacial score (nSPS) is 14.4. The third-order valence-corrected chi connectivity index (χ3v) is 4.79. The summed E-state index contributed by atoms with van der Waals surface area (Å²) < 4.78 is 0. The van der Waals surface area contributed by atoms with Crippen LogP contribution in [0.15, 0.2) is 30.5 Å². The lowest BCUT2D eigenvalue weighted by Gasteiger charge is -2.16. The van der Waals surface area contributed by atoms with Crippen molar-refractivity contribution in [1.82, 2.24) is 19.9 Å². The third-order valence-electron chi connectivity index (χ3n) is 4.79. The van der Waals surface area contributed by atoms with Crippen LogP contribution in [0.4, 0.5) is 0 Å². The van der Waals surface area contributed by atoms with Crippen LogP contribution in [-0.2, 0) is 19.4 Å². The maximum Gasteiger partial charge on any atom is 0.0992 e. The second-order valence-electron chi connectivity index (χ2n) is 6.28. The van der Waals surface area contributed by atoms with Gasteiger partial charge < -0.3 is 5.11 Å². The maximum absolute atomic E-state index is 9.43. The first-order chi connectivity index (χ1) is 11.8. The molecule has 5 rings (SSSR count). The van der Waals surface area contributed by atoms with Gasteiger partial charge in [-0.25, -0.2) is 15.0 Å². The Morgan fingerprint density at radius 1 is 0.792 bits per heavy atom. The molecule has 1 aliphatic carbocycles. The molecule has 5 heteroatoms. The van der Waals surface area contributed by atoms with Crippen molar-refractivity contribution in [2.24, 2.45) is 0 Å². The Morgan fingerprint density at radius 3 is 2.17 bits per heavy atom. The van der Waals surface area contributed by atoms with Gasteiger partial charge in [-0.05, 0) is 49.9 Å². The van der Waals surface area contributed by atoms with E-state index in [0.717, 1.165) is 57.1 Å². The summed E-state index contributed by atoms with van der Waals surface area (Å²) in [6.07, 6.45) is 6.12. The van der Waals surface area contributed by atoms with Crippen LogP contribution in [-0.4, -0.2) is 25.0 Å². The lowest BCUT2D eigenvalue weighted by molar-refractivity contribution is 0.277. The highest BCUT2D eigenvalue weighted by Gasteiger charge is 2.18. The molecular formula is C19H16N4O. The number of nitrogens with zero attached hydrogens (tertiary/aromatic N) is 4. The van der Waals surface area contributed by atoms with Gasteiger partial charge >= 0.3 is 0 Å². The number of pyridine rings is 2. The summed E-state index contributed by atoms with van der Waals surface area (Å²) in [5, 5.41) is 11.4. The molecule has 0 radical (unpaired) electrons. The molecule has 0 saturated carbocycles. The molecule has 0 fully saturated rings. The standard InChI is InChI=1S/C19H16N4O/c24-10-11-7-8-13-17(21-11)16-12(4-3-9-20-16)18-19(13)23-15-6-2-1-5-14(15)22-18/h3-4,7-9,24H,1-2,5-6,10H2. The molecule has 1 aliphatic rings. The van der Waals surface area contributed by atoms with E-state index in [1.165, 1.54) is 12.8 Å². The van der Waals surface area contributed by atoms with Crippen LogP contribution < -0.4 is 0 Å². The minimum absolute atomic E-state index is 0.0851. The monoisotopic (exact) mass is 316 g/mol. The molecule has 3 aromatic heterocycles. The Balaban J connectivity index is 2.01. The Kier molecular flexibility index (Phi) is 2.97. The summed E-state index contributed by atoms with van der Waals surface area (Å²) in [6, 6.07) is 7.78. The molecule has 118 valence electrons. The van der Waals surface area contributed by atoms with Gasteiger partial charge in [0.15, 0.2) is 0 Å². The van der Waals surface area contributed by atoms with Gasteiger partial charge in [0.25, 0.3) is 0 Å². The molecule has 0 amide bonds. The Morgan fingerprint density at radius 2 is 1.46 bits per heavy atom.